The maximum absolute atomic E-state index is 10.8. The van der Waals surface area contributed by atoms with Crippen molar-refractivity contribution in [3.8, 4) is 0 Å². The van der Waals surface area contributed by atoms with Crippen LogP contribution < -0.4 is 0 Å². The number of nitrogens with zero attached hydrogens (tertiary/aromatic N) is 2. The van der Waals surface area contributed by atoms with E-state index in [1.54, 1.807) is 11.3 Å². The average molecular weight is 268 g/mol. The summed E-state index contributed by atoms with van der Waals surface area (Å²) >= 11 is 1.68. The van der Waals surface area contributed by atoms with Crippen molar-refractivity contribution in [3.05, 3.63) is 16.1 Å². The summed E-state index contributed by atoms with van der Waals surface area (Å²) in [6.07, 6.45) is 2.41. The Hall–Kier alpha value is -0.940. The summed E-state index contributed by atoms with van der Waals surface area (Å²) in [5.74, 6) is -0.391. The van der Waals surface area contributed by atoms with Crippen molar-refractivity contribution in [1.29, 1.82) is 0 Å². The van der Waals surface area contributed by atoms with Crippen molar-refractivity contribution in [3.63, 3.8) is 0 Å². The van der Waals surface area contributed by atoms with E-state index in [2.05, 4.69) is 22.2 Å². The molecule has 1 saturated heterocycles. The second-order valence-electron chi connectivity index (χ2n) is 5.07. The molecule has 0 saturated carbocycles. The fourth-order valence-corrected chi connectivity index (χ4v) is 3.32. The van der Waals surface area contributed by atoms with Gasteiger partial charge in [-0.3, -0.25) is 9.69 Å². The molecule has 18 heavy (non-hydrogen) atoms. The minimum atomic E-state index is -0.681. The maximum Gasteiger partial charge on any atom is 0.303 e. The van der Waals surface area contributed by atoms with E-state index in [-0.39, 0.29) is 0 Å². The van der Waals surface area contributed by atoms with Gasteiger partial charge in [-0.15, -0.1) is 11.3 Å². The molecular formula is C13H20N2O2S. The number of rotatable bonds is 4. The van der Waals surface area contributed by atoms with Gasteiger partial charge in [-0.25, -0.2) is 4.98 Å². The fraction of sp³-hybridized carbons (Fsp3) is 0.692. The van der Waals surface area contributed by atoms with Crippen molar-refractivity contribution in [2.24, 2.45) is 5.92 Å². The predicted octanol–water partition coefficient (Wildman–Crippen LogP) is 2.70. The first-order valence-corrected chi connectivity index (χ1v) is 7.32. The zero-order valence-electron chi connectivity index (χ0n) is 10.9. The molecular weight excluding hydrogens is 248 g/mol. The Balaban J connectivity index is 1.97. The molecule has 5 heteroatoms. The van der Waals surface area contributed by atoms with Crippen LogP contribution in [0.5, 0.6) is 0 Å². The van der Waals surface area contributed by atoms with E-state index >= 15 is 0 Å². The number of carboxylic acids is 1. The van der Waals surface area contributed by atoms with Crippen molar-refractivity contribution in [2.75, 3.05) is 13.1 Å². The molecule has 2 unspecified atom stereocenters. The summed E-state index contributed by atoms with van der Waals surface area (Å²) in [7, 11) is 0. The number of aryl methyl sites for hydroxylation is 1. The molecule has 2 atom stereocenters. The Kier molecular flexibility index (Phi) is 4.35. The normalized spacial score (nSPS) is 22.9. The Morgan fingerprint density at radius 2 is 2.50 bits per heavy atom. The van der Waals surface area contributed by atoms with Crippen LogP contribution in [0.15, 0.2) is 5.38 Å². The number of carboxylic acid groups (broad SMARTS) is 1. The standard InChI is InChI=1S/C13H20N2O2S/c1-9(12-8-18-10(2)14-12)15-5-3-4-11(7-15)6-13(16)17/h8-9,11H,3-7H2,1-2H3,(H,16,17). The molecule has 100 valence electrons. The predicted molar refractivity (Wildman–Crippen MR) is 71.8 cm³/mol. The van der Waals surface area contributed by atoms with Crippen molar-refractivity contribution < 1.29 is 9.90 Å². The summed E-state index contributed by atoms with van der Waals surface area (Å²) in [5.41, 5.74) is 1.12. The number of thiazole rings is 1. The molecule has 1 aliphatic heterocycles. The van der Waals surface area contributed by atoms with E-state index in [1.807, 2.05) is 6.92 Å². The Morgan fingerprint density at radius 3 is 3.11 bits per heavy atom. The molecule has 1 aromatic heterocycles. The van der Waals surface area contributed by atoms with Gasteiger partial charge in [-0.05, 0) is 39.2 Å². The molecule has 2 rings (SSSR count). The van der Waals surface area contributed by atoms with E-state index in [9.17, 15) is 4.79 Å². The highest BCUT2D eigenvalue weighted by Gasteiger charge is 2.26. The van der Waals surface area contributed by atoms with Gasteiger partial charge in [0.1, 0.15) is 0 Å². The van der Waals surface area contributed by atoms with Gasteiger partial charge in [0.25, 0.3) is 0 Å². The van der Waals surface area contributed by atoms with Crippen LogP contribution in [0.25, 0.3) is 0 Å². The lowest BCUT2D eigenvalue weighted by Crippen LogP contribution is -2.38. The van der Waals surface area contributed by atoms with Crippen LogP contribution in [-0.2, 0) is 4.79 Å². The molecule has 0 aliphatic carbocycles. The van der Waals surface area contributed by atoms with E-state index in [0.717, 1.165) is 36.6 Å². The topological polar surface area (TPSA) is 53.4 Å². The lowest BCUT2D eigenvalue weighted by Gasteiger charge is -2.35. The molecule has 4 nitrogen and oxygen atoms in total. The Morgan fingerprint density at radius 1 is 1.72 bits per heavy atom. The minimum absolute atomic E-state index is 0.290. The number of hydrogen-bond donors (Lipinski definition) is 1. The van der Waals surface area contributed by atoms with Crippen molar-refractivity contribution in [1.82, 2.24) is 9.88 Å². The third-order valence-corrected chi connectivity index (χ3v) is 4.42. The van der Waals surface area contributed by atoms with Gasteiger partial charge in [0.05, 0.1) is 16.7 Å². The molecule has 1 fully saturated rings. The number of piperidine rings is 1. The van der Waals surface area contributed by atoms with Crippen LogP contribution in [-0.4, -0.2) is 34.0 Å². The van der Waals surface area contributed by atoms with E-state index in [1.165, 1.54) is 0 Å². The molecule has 0 radical (unpaired) electrons. The monoisotopic (exact) mass is 268 g/mol. The van der Waals surface area contributed by atoms with Crippen LogP contribution in [0.3, 0.4) is 0 Å². The molecule has 1 aliphatic rings. The van der Waals surface area contributed by atoms with Gasteiger partial charge in [0, 0.05) is 18.3 Å². The van der Waals surface area contributed by atoms with Crippen LogP contribution in [0, 0.1) is 12.8 Å². The van der Waals surface area contributed by atoms with Gasteiger partial charge in [-0.2, -0.15) is 0 Å². The third kappa shape index (κ3) is 3.29. The van der Waals surface area contributed by atoms with Crippen LogP contribution >= 0.6 is 11.3 Å². The summed E-state index contributed by atoms with van der Waals surface area (Å²) in [4.78, 5) is 17.7. The van der Waals surface area contributed by atoms with Gasteiger partial charge in [-0.1, -0.05) is 0 Å². The Bertz CT molecular complexity index is 419. The van der Waals surface area contributed by atoms with E-state index in [0.29, 0.717) is 18.4 Å². The van der Waals surface area contributed by atoms with Gasteiger partial charge in [0.2, 0.25) is 0 Å². The molecule has 0 spiro atoms. The quantitative estimate of drug-likeness (QED) is 0.912. The first kappa shape index (κ1) is 13.5. The lowest BCUT2D eigenvalue weighted by molar-refractivity contribution is -0.138. The van der Waals surface area contributed by atoms with Gasteiger partial charge in [0.15, 0.2) is 0 Å². The van der Waals surface area contributed by atoms with E-state index < -0.39 is 5.97 Å². The van der Waals surface area contributed by atoms with Gasteiger partial charge >= 0.3 is 5.97 Å². The zero-order chi connectivity index (χ0) is 13.1. The SMILES string of the molecule is Cc1nc(C(C)N2CCCC(CC(=O)O)C2)cs1. The van der Waals surface area contributed by atoms with Crippen LogP contribution in [0.4, 0.5) is 0 Å². The molecule has 1 aromatic rings. The fourth-order valence-electron chi connectivity index (χ4n) is 2.62. The summed E-state index contributed by atoms with van der Waals surface area (Å²) in [6, 6.07) is 0.298. The summed E-state index contributed by atoms with van der Waals surface area (Å²) in [6.45, 7) is 6.11. The first-order valence-electron chi connectivity index (χ1n) is 6.44. The second-order valence-corrected chi connectivity index (χ2v) is 6.13. The number of aliphatic carboxylic acids is 1. The van der Waals surface area contributed by atoms with Gasteiger partial charge < -0.3 is 5.11 Å². The molecule has 0 bridgehead atoms. The lowest BCUT2D eigenvalue weighted by atomic mass is 9.93. The van der Waals surface area contributed by atoms with Crippen LogP contribution in [0.2, 0.25) is 0 Å². The molecule has 0 amide bonds. The van der Waals surface area contributed by atoms with E-state index in [4.69, 9.17) is 5.11 Å². The highest BCUT2D eigenvalue weighted by molar-refractivity contribution is 7.09. The summed E-state index contributed by atoms with van der Waals surface area (Å²) in [5, 5.41) is 12.1. The Labute approximate surface area is 112 Å². The highest BCUT2D eigenvalue weighted by Crippen LogP contribution is 2.28. The number of likely N-dealkylation sites (tertiary alicyclic amines) is 1. The number of carbonyl (C=O) groups is 1. The zero-order valence-corrected chi connectivity index (χ0v) is 11.7. The largest absolute Gasteiger partial charge is 0.481 e. The highest BCUT2D eigenvalue weighted by atomic mass is 32.1. The smallest absolute Gasteiger partial charge is 0.303 e. The van der Waals surface area contributed by atoms with Crippen molar-refractivity contribution in [2.45, 2.75) is 39.2 Å². The second kappa shape index (κ2) is 5.80. The third-order valence-electron chi connectivity index (χ3n) is 3.63. The minimum Gasteiger partial charge on any atom is -0.481 e. The number of hydrogen-bond acceptors (Lipinski definition) is 4. The number of aromatic nitrogens is 1. The molecule has 0 aromatic carbocycles. The van der Waals surface area contributed by atoms with Crippen LogP contribution in [0.1, 0.15) is 42.9 Å². The van der Waals surface area contributed by atoms with Crippen molar-refractivity contribution >= 4 is 17.3 Å². The molecule has 1 N–H and O–H groups in total. The maximum atomic E-state index is 10.8. The first-order chi connectivity index (χ1) is 8.56. The average Bonchev–Trinajstić information content (AvgIpc) is 2.74. The molecule has 2 heterocycles. The summed E-state index contributed by atoms with van der Waals surface area (Å²) < 4.78 is 0.